The van der Waals surface area contributed by atoms with E-state index in [0.717, 1.165) is 0 Å². The zero-order valence-corrected chi connectivity index (χ0v) is 11.1. The molecular formula is C13H17N5O2. The van der Waals surface area contributed by atoms with E-state index in [1.165, 1.54) is 0 Å². The summed E-state index contributed by atoms with van der Waals surface area (Å²) in [6, 6.07) is 3.50. The molecule has 3 rings (SSSR count). The fraction of sp³-hybridized carbons (Fsp3) is 0.462. The van der Waals surface area contributed by atoms with Gasteiger partial charge in [0.05, 0.1) is 11.6 Å². The molecule has 2 aromatic rings. The van der Waals surface area contributed by atoms with Gasteiger partial charge in [-0.05, 0) is 18.9 Å². The number of nitrogens with two attached hydrogens (primary N) is 1. The zero-order chi connectivity index (χ0) is 14.0. The number of aromatic nitrogens is 3. The molecule has 0 saturated carbocycles. The molecule has 1 aliphatic heterocycles. The second-order valence-electron chi connectivity index (χ2n) is 4.98. The van der Waals surface area contributed by atoms with E-state index in [1.807, 2.05) is 0 Å². The van der Waals surface area contributed by atoms with Crippen LogP contribution in [0.3, 0.4) is 0 Å². The fourth-order valence-electron chi connectivity index (χ4n) is 2.46. The Kier molecular flexibility index (Phi) is 3.37. The van der Waals surface area contributed by atoms with Crippen LogP contribution in [0.5, 0.6) is 0 Å². The molecule has 2 aromatic heterocycles. The Morgan fingerprint density at radius 2 is 2.20 bits per heavy atom. The average molecular weight is 275 g/mol. The van der Waals surface area contributed by atoms with Gasteiger partial charge < -0.3 is 15.8 Å². The maximum atomic E-state index is 12.6. The van der Waals surface area contributed by atoms with Crippen LogP contribution < -0.4 is 11.1 Å². The van der Waals surface area contributed by atoms with Crippen LogP contribution in [0.15, 0.2) is 24.5 Å². The molecule has 3 heterocycles. The molecule has 106 valence electrons. The number of amides is 1. The summed E-state index contributed by atoms with van der Waals surface area (Å²) in [5, 5.41) is 7.07. The van der Waals surface area contributed by atoms with Crippen molar-refractivity contribution >= 4 is 17.4 Å². The van der Waals surface area contributed by atoms with Crippen molar-refractivity contribution in [1.29, 1.82) is 0 Å². The van der Waals surface area contributed by atoms with Crippen molar-refractivity contribution in [1.82, 2.24) is 14.6 Å². The number of anilines is 1. The predicted octanol–water partition coefficient (Wildman–Crippen LogP) is 0.423. The van der Waals surface area contributed by atoms with Crippen molar-refractivity contribution in [3.63, 3.8) is 0 Å². The first-order valence-electron chi connectivity index (χ1n) is 6.63. The molecule has 3 N–H and O–H groups in total. The van der Waals surface area contributed by atoms with Gasteiger partial charge in [0.15, 0.2) is 5.65 Å². The lowest BCUT2D eigenvalue weighted by atomic mass is 9.79. The van der Waals surface area contributed by atoms with Crippen LogP contribution in [0.25, 0.3) is 5.65 Å². The van der Waals surface area contributed by atoms with Crippen molar-refractivity contribution < 1.29 is 9.53 Å². The number of rotatable bonds is 3. The van der Waals surface area contributed by atoms with E-state index < -0.39 is 5.41 Å². The van der Waals surface area contributed by atoms with Crippen molar-refractivity contribution in [2.45, 2.75) is 12.8 Å². The van der Waals surface area contributed by atoms with E-state index in [1.54, 1.807) is 29.0 Å². The summed E-state index contributed by atoms with van der Waals surface area (Å²) in [6.45, 7) is 1.45. The Balaban J connectivity index is 1.86. The van der Waals surface area contributed by atoms with Crippen molar-refractivity contribution in [2.75, 3.05) is 25.1 Å². The molecule has 0 aliphatic carbocycles. The minimum Gasteiger partial charge on any atom is -0.381 e. The second kappa shape index (κ2) is 5.18. The van der Waals surface area contributed by atoms with Crippen LogP contribution >= 0.6 is 0 Å². The third kappa shape index (κ3) is 2.14. The minimum atomic E-state index is -0.555. The number of nitrogens with one attached hydrogen (secondary N) is 1. The number of carbonyl (C=O) groups is 1. The lowest BCUT2D eigenvalue weighted by Crippen LogP contribution is -2.46. The van der Waals surface area contributed by atoms with Gasteiger partial charge in [-0.25, -0.2) is 4.98 Å². The van der Waals surface area contributed by atoms with Gasteiger partial charge >= 0.3 is 0 Å². The van der Waals surface area contributed by atoms with E-state index in [4.69, 9.17) is 10.5 Å². The summed E-state index contributed by atoms with van der Waals surface area (Å²) in [5.74, 6) is 0.524. The summed E-state index contributed by atoms with van der Waals surface area (Å²) in [4.78, 5) is 16.7. The van der Waals surface area contributed by atoms with Crippen LogP contribution in [0.1, 0.15) is 12.8 Å². The van der Waals surface area contributed by atoms with Gasteiger partial charge in [-0.1, -0.05) is 0 Å². The molecule has 7 nitrogen and oxygen atoms in total. The number of ether oxygens (including phenoxy) is 1. The molecule has 0 radical (unpaired) electrons. The summed E-state index contributed by atoms with van der Waals surface area (Å²) in [5.41, 5.74) is 5.97. The van der Waals surface area contributed by atoms with E-state index in [-0.39, 0.29) is 5.91 Å². The third-order valence-corrected chi connectivity index (χ3v) is 3.85. The average Bonchev–Trinajstić information content (AvgIpc) is 2.97. The summed E-state index contributed by atoms with van der Waals surface area (Å²) < 4.78 is 6.92. The van der Waals surface area contributed by atoms with E-state index in [0.29, 0.717) is 44.1 Å². The first-order valence-corrected chi connectivity index (χ1v) is 6.63. The SMILES string of the molecule is NCC1(C(=O)Nc2ccnc3ccnn23)CCOCC1. The molecule has 1 fully saturated rings. The Hall–Kier alpha value is -1.99. The highest BCUT2D eigenvalue weighted by Gasteiger charge is 2.39. The second-order valence-corrected chi connectivity index (χ2v) is 4.98. The lowest BCUT2D eigenvalue weighted by Gasteiger charge is -2.34. The van der Waals surface area contributed by atoms with Crippen LogP contribution in [-0.4, -0.2) is 40.3 Å². The molecular weight excluding hydrogens is 258 g/mol. The molecule has 1 saturated heterocycles. The molecule has 7 heteroatoms. The van der Waals surface area contributed by atoms with E-state index >= 15 is 0 Å². The normalized spacial score (nSPS) is 18.1. The maximum absolute atomic E-state index is 12.6. The molecule has 0 aromatic carbocycles. The number of carbonyl (C=O) groups excluding carboxylic acids is 1. The van der Waals surface area contributed by atoms with Crippen LogP contribution in [-0.2, 0) is 9.53 Å². The van der Waals surface area contributed by atoms with Crippen molar-refractivity contribution in [3.05, 3.63) is 24.5 Å². The molecule has 1 aliphatic rings. The smallest absolute Gasteiger partial charge is 0.233 e. The monoisotopic (exact) mass is 275 g/mol. The maximum Gasteiger partial charge on any atom is 0.233 e. The van der Waals surface area contributed by atoms with Gasteiger partial charge in [0.25, 0.3) is 0 Å². The van der Waals surface area contributed by atoms with Gasteiger partial charge in [0, 0.05) is 32.0 Å². The quantitative estimate of drug-likeness (QED) is 0.846. The first-order chi connectivity index (χ1) is 9.75. The van der Waals surface area contributed by atoms with Gasteiger partial charge in [-0.3, -0.25) is 4.79 Å². The number of fused-ring (bicyclic) bond motifs is 1. The van der Waals surface area contributed by atoms with Crippen molar-refractivity contribution in [2.24, 2.45) is 11.1 Å². The number of nitrogens with zero attached hydrogens (tertiary/aromatic N) is 3. The summed E-state index contributed by atoms with van der Waals surface area (Å²) >= 11 is 0. The zero-order valence-electron chi connectivity index (χ0n) is 11.1. The Morgan fingerprint density at radius 3 is 2.95 bits per heavy atom. The highest BCUT2D eigenvalue weighted by molar-refractivity contribution is 5.95. The fourth-order valence-corrected chi connectivity index (χ4v) is 2.46. The first kappa shape index (κ1) is 13.0. The molecule has 0 atom stereocenters. The van der Waals surface area contributed by atoms with Crippen LogP contribution in [0.4, 0.5) is 5.82 Å². The molecule has 0 bridgehead atoms. The molecule has 1 amide bonds. The van der Waals surface area contributed by atoms with E-state index in [2.05, 4.69) is 15.4 Å². The largest absolute Gasteiger partial charge is 0.381 e. The predicted molar refractivity (Wildman–Crippen MR) is 73.2 cm³/mol. The highest BCUT2D eigenvalue weighted by Crippen LogP contribution is 2.30. The lowest BCUT2D eigenvalue weighted by molar-refractivity contribution is -0.130. The third-order valence-electron chi connectivity index (χ3n) is 3.85. The topological polar surface area (TPSA) is 94.5 Å². The number of hydrogen-bond donors (Lipinski definition) is 2. The molecule has 20 heavy (non-hydrogen) atoms. The van der Waals surface area contributed by atoms with Gasteiger partial charge in [-0.2, -0.15) is 9.61 Å². The Labute approximate surface area is 116 Å². The molecule has 0 spiro atoms. The van der Waals surface area contributed by atoms with Crippen LogP contribution in [0, 0.1) is 5.41 Å². The van der Waals surface area contributed by atoms with E-state index in [9.17, 15) is 4.79 Å². The molecule has 0 unspecified atom stereocenters. The Bertz CT molecular complexity index is 618. The standard InChI is InChI=1S/C13H17N5O2/c14-9-13(3-7-20-8-4-13)12(19)17-11-1-5-15-10-2-6-16-18(10)11/h1-2,5-6H,3-4,7-9,14H2,(H,17,19). The summed E-state index contributed by atoms with van der Waals surface area (Å²) in [7, 11) is 0. The minimum absolute atomic E-state index is 0.0775. The van der Waals surface area contributed by atoms with Gasteiger partial charge in [-0.15, -0.1) is 0 Å². The number of hydrogen-bond acceptors (Lipinski definition) is 5. The van der Waals surface area contributed by atoms with Crippen LogP contribution in [0.2, 0.25) is 0 Å². The summed E-state index contributed by atoms with van der Waals surface area (Å²) in [6.07, 6.45) is 4.57. The van der Waals surface area contributed by atoms with Gasteiger partial charge in [0.1, 0.15) is 5.82 Å². The van der Waals surface area contributed by atoms with Crippen molar-refractivity contribution in [3.8, 4) is 0 Å². The highest BCUT2D eigenvalue weighted by atomic mass is 16.5. The Morgan fingerprint density at radius 1 is 1.40 bits per heavy atom. The van der Waals surface area contributed by atoms with Gasteiger partial charge in [0.2, 0.25) is 5.91 Å².